The number of aliphatic hydroxyl groups is 1. The van der Waals surface area contributed by atoms with Crippen LogP contribution in [0.5, 0.6) is 0 Å². The fraction of sp³-hybridized carbons (Fsp3) is 0.831. The molecule has 5 aliphatic rings. The molecule has 0 radical (unpaired) electrons. The summed E-state index contributed by atoms with van der Waals surface area (Å²) >= 11 is 0. The van der Waals surface area contributed by atoms with Crippen molar-refractivity contribution in [3.63, 3.8) is 0 Å². The van der Waals surface area contributed by atoms with Crippen molar-refractivity contribution in [2.75, 3.05) is 68.5 Å². The van der Waals surface area contributed by atoms with Gasteiger partial charge >= 0.3 is 6.18 Å². The van der Waals surface area contributed by atoms with Crippen molar-refractivity contribution in [2.24, 2.45) is 35.5 Å². The predicted octanol–water partition coefficient (Wildman–Crippen LogP) is 4.32. The standard InChI is InChI=1S/C65H107F4N11O12/c1-14-40(6)56-62(91)76(10)36-54(84)74(8)37-55(85)78(12)51(32-42-20-16-15-17-21-42)61(90)75(9)35-52(82)71-47(25-23-43-22-24-45(46(66)31-43)65(67,68)69)60(89)80-34-44(81)33-50(80)59(88)73-64(26-18-19-27-64)63(92)79(13)49(29-39(4)5)57(86)70-41(7)30-53(83)77(11)48(28-38(2)3)58(87)72-56/h38-51,56,81H,14-37H2,1-13H3,(H,70,86)(H,71,82)(H,72,87)(H,73,88)/t40-,41+,43?,44-,45?,46?,47-,48-,49-,50-,51-,56-/m0/s1. The van der Waals surface area contributed by atoms with Gasteiger partial charge in [0.1, 0.15) is 48.0 Å². The molecule has 5 rings (SSSR count). The molecule has 0 aromatic rings. The number of hydrogen-bond acceptors (Lipinski definition) is 12. The Kier molecular flexibility index (Phi) is 28.1. The molecule has 3 saturated carbocycles. The van der Waals surface area contributed by atoms with Gasteiger partial charge in [0.2, 0.25) is 65.0 Å². The Morgan fingerprint density at radius 3 is 1.74 bits per heavy atom. The summed E-state index contributed by atoms with van der Waals surface area (Å²) in [6, 6.07) is -8.25. The normalized spacial score (nSPS) is 30.3. The first kappa shape index (κ1) is 76.6. The molecule has 3 unspecified atom stereocenters. The van der Waals surface area contributed by atoms with E-state index in [0.717, 1.165) is 51.7 Å². The minimum atomic E-state index is -4.76. The molecule has 12 atom stereocenters. The number of halogens is 4. The number of rotatable bonds is 11. The molecule has 522 valence electrons. The van der Waals surface area contributed by atoms with Gasteiger partial charge in [0.15, 0.2) is 0 Å². The average molecular weight is 1310 g/mol. The van der Waals surface area contributed by atoms with E-state index < -0.39 is 188 Å². The van der Waals surface area contributed by atoms with E-state index in [2.05, 4.69) is 21.3 Å². The minimum absolute atomic E-state index is 0.00756. The van der Waals surface area contributed by atoms with Gasteiger partial charge in [0.05, 0.1) is 31.7 Å². The van der Waals surface area contributed by atoms with Crippen LogP contribution in [0.15, 0.2) is 0 Å². The van der Waals surface area contributed by atoms with Crippen LogP contribution in [0.25, 0.3) is 0 Å². The van der Waals surface area contributed by atoms with Gasteiger partial charge in [-0.25, -0.2) is 4.39 Å². The molecule has 5 fully saturated rings. The molecule has 92 heavy (non-hydrogen) atoms. The highest BCUT2D eigenvalue weighted by molar-refractivity contribution is 5.99. The molecule has 0 aromatic carbocycles. The number of fused-ring (bicyclic) bond motifs is 1. The third kappa shape index (κ3) is 20.4. The summed E-state index contributed by atoms with van der Waals surface area (Å²) in [6.45, 7) is 10.6. The molecule has 0 bridgehead atoms. The quantitative estimate of drug-likeness (QED) is 0.181. The molecule has 23 nitrogen and oxygen atoms in total. The number of likely N-dealkylation sites (N-methyl/N-ethyl adjacent to an activating group) is 6. The number of hydrogen-bond donors (Lipinski definition) is 5. The lowest BCUT2D eigenvalue weighted by molar-refractivity contribution is -0.201. The lowest BCUT2D eigenvalue weighted by Crippen LogP contribution is -2.64. The lowest BCUT2D eigenvalue weighted by Gasteiger charge is -2.39. The Bertz CT molecular complexity index is 2600. The second-order valence-electron chi connectivity index (χ2n) is 28.3. The van der Waals surface area contributed by atoms with Gasteiger partial charge in [-0.05, 0) is 101 Å². The second kappa shape index (κ2) is 33.8. The molecule has 2 heterocycles. The maximum Gasteiger partial charge on any atom is 0.394 e. The van der Waals surface area contributed by atoms with Crippen molar-refractivity contribution in [2.45, 2.75) is 243 Å². The number of nitrogens with one attached hydrogen (secondary N) is 4. The molecule has 3 aliphatic carbocycles. The van der Waals surface area contributed by atoms with Gasteiger partial charge in [-0.3, -0.25) is 52.7 Å². The summed E-state index contributed by atoms with van der Waals surface area (Å²) in [7, 11) is 8.43. The zero-order valence-corrected chi connectivity index (χ0v) is 56.7. The van der Waals surface area contributed by atoms with Crippen LogP contribution in [-0.2, 0) is 52.7 Å². The topological polar surface area (TPSA) is 279 Å². The van der Waals surface area contributed by atoms with Crippen LogP contribution in [0.2, 0.25) is 0 Å². The number of carbonyl (C=O) groups is 11. The highest BCUT2D eigenvalue weighted by atomic mass is 19.4. The number of nitrogens with zero attached hydrogens (tertiary/aromatic N) is 7. The van der Waals surface area contributed by atoms with Crippen molar-refractivity contribution < 1.29 is 75.4 Å². The molecular weight excluding hydrogens is 1200 g/mol. The third-order valence-electron chi connectivity index (χ3n) is 19.9. The van der Waals surface area contributed by atoms with E-state index in [0.29, 0.717) is 19.3 Å². The Hall–Kier alpha value is -6.15. The maximum absolute atomic E-state index is 15.2. The van der Waals surface area contributed by atoms with Crippen LogP contribution in [0.3, 0.4) is 0 Å². The predicted molar refractivity (Wildman–Crippen MR) is 335 cm³/mol. The Morgan fingerprint density at radius 1 is 0.598 bits per heavy atom. The van der Waals surface area contributed by atoms with Gasteiger partial charge in [0.25, 0.3) is 0 Å². The third-order valence-corrected chi connectivity index (χ3v) is 19.9. The highest BCUT2D eigenvalue weighted by Gasteiger charge is 2.51. The summed E-state index contributed by atoms with van der Waals surface area (Å²) in [5, 5.41) is 22.6. The summed E-state index contributed by atoms with van der Waals surface area (Å²) < 4.78 is 56.5. The van der Waals surface area contributed by atoms with E-state index in [1.807, 2.05) is 34.6 Å². The molecule has 2 aliphatic heterocycles. The van der Waals surface area contributed by atoms with Crippen LogP contribution in [0.4, 0.5) is 17.6 Å². The molecule has 2 saturated heterocycles. The van der Waals surface area contributed by atoms with Crippen LogP contribution in [-0.4, -0.2) is 239 Å². The molecule has 0 aromatic heterocycles. The van der Waals surface area contributed by atoms with E-state index in [-0.39, 0.29) is 82.0 Å². The van der Waals surface area contributed by atoms with Crippen molar-refractivity contribution in [1.29, 1.82) is 0 Å². The Balaban J connectivity index is 1.55. The zero-order chi connectivity index (χ0) is 68.9. The molecule has 11 amide bonds. The van der Waals surface area contributed by atoms with Gasteiger partial charge in [-0.1, -0.05) is 92.9 Å². The van der Waals surface area contributed by atoms with E-state index >= 15 is 14.0 Å². The number of alkyl halides is 4. The Labute approximate surface area is 541 Å². The number of aliphatic hydroxyl groups excluding tert-OH is 1. The van der Waals surface area contributed by atoms with Crippen molar-refractivity contribution >= 4 is 65.0 Å². The van der Waals surface area contributed by atoms with Gasteiger partial charge in [-0.15, -0.1) is 0 Å². The molecule has 1 spiro atoms. The summed E-state index contributed by atoms with van der Waals surface area (Å²) in [5.74, 6) is -10.9. The molecule has 5 N–H and O–H groups in total. The SMILES string of the molecule is CC[C@H](C)[C@@H]1NC(=O)[C@H](CC(C)C)N(C)C(=O)C[C@@H](C)NC(=O)[C@H](CC(C)C)N(C)C(=O)C2(CCCC2)NC(=O)[C@@H]2C[C@H](O)CN2C(=O)[C@H](CCC2CCC(C(F)(F)F)C(F)C2)NC(=O)CN(C)C(=O)[C@H](CC2CCCCC2)N(C)C(=O)CN(C)C(=O)CN(C)C1=O. The monoisotopic (exact) mass is 1310 g/mol. The Morgan fingerprint density at radius 2 is 1.16 bits per heavy atom. The van der Waals surface area contributed by atoms with Crippen LogP contribution in [0.1, 0.15) is 177 Å². The maximum atomic E-state index is 15.2. The van der Waals surface area contributed by atoms with Gasteiger partial charge in [0, 0.05) is 67.7 Å². The van der Waals surface area contributed by atoms with Crippen molar-refractivity contribution in [3.05, 3.63) is 0 Å². The van der Waals surface area contributed by atoms with E-state index in [4.69, 9.17) is 0 Å². The second-order valence-corrected chi connectivity index (χ2v) is 28.3. The highest BCUT2D eigenvalue weighted by Crippen LogP contribution is 2.43. The zero-order valence-electron chi connectivity index (χ0n) is 56.7. The molecule has 27 heteroatoms. The summed E-state index contributed by atoms with van der Waals surface area (Å²) in [5.41, 5.74) is -1.59. The van der Waals surface area contributed by atoms with Crippen LogP contribution < -0.4 is 21.3 Å². The van der Waals surface area contributed by atoms with E-state index in [9.17, 15) is 61.4 Å². The fourth-order valence-electron chi connectivity index (χ4n) is 14.0. The van der Waals surface area contributed by atoms with Crippen LogP contribution >= 0.6 is 0 Å². The number of amides is 11. The first-order valence-electron chi connectivity index (χ1n) is 33.4. The summed E-state index contributed by atoms with van der Waals surface area (Å²) in [4.78, 5) is 168. The number of carbonyl (C=O) groups excluding carboxylic acids is 11. The van der Waals surface area contributed by atoms with E-state index in [1.165, 1.54) is 57.0 Å². The molecular formula is C65H107F4N11O12. The van der Waals surface area contributed by atoms with Gasteiger partial charge in [-0.2, -0.15) is 13.2 Å². The van der Waals surface area contributed by atoms with Crippen molar-refractivity contribution in [3.8, 4) is 0 Å². The first-order chi connectivity index (χ1) is 43.0. The largest absolute Gasteiger partial charge is 0.394 e. The van der Waals surface area contributed by atoms with Crippen molar-refractivity contribution in [1.82, 2.24) is 55.6 Å². The van der Waals surface area contributed by atoms with Gasteiger partial charge < -0.3 is 60.7 Å². The smallest absolute Gasteiger partial charge is 0.391 e. The summed E-state index contributed by atoms with van der Waals surface area (Å²) in [6.07, 6.45) is -3.50. The lowest BCUT2D eigenvalue weighted by atomic mass is 9.78. The van der Waals surface area contributed by atoms with E-state index in [1.54, 1.807) is 13.8 Å². The minimum Gasteiger partial charge on any atom is -0.391 e. The average Bonchev–Trinajstić information content (AvgIpc) is 1.59. The fourth-order valence-corrected chi connectivity index (χ4v) is 14.0. The van der Waals surface area contributed by atoms with Crippen LogP contribution in [0, 0.1) is 35.5 Å². The first-order valence-corrected chi connectivity index (χ1v) is 33.4.